The number of aliphatic hydroxyl groups is 1. The molecule has 17 heavy (non-hydrogen) atoms. The molecule has 0 aromatic heterocycles. The van der Waals surface area contributed by atoms with E-state index in [-0.39, 0.29) is 12.6 Å². The van der Waals surface area contributed by atoms with Crippen molar-refractivity contribution in [1.29, 1.82) is 0 Å². The predicted octanol–water partition coefficient (Wildman–Crippen LogP) is -0.284. The Labute approximate surface area is 103 Å². The second kappa shape index (κ2) is 7.42. The zero-order valence-corrected chi connectivity index (χ0v) is 10.5. The van der Waals surface area contributed by atoms with Gasteiger partial charge in [0, 0.05) is 44.8 Å². The number of rotatable bonds is 6. The summed E-state index contributed by atoms with van der Waals surface area (Å²) in [5.41, 5.74) is 0.442. The fourth-order valence-corrected chi connectivity index (χ4v) is 1.77. The highest BCUT2D eigenvalue weighted by molar-refractivity contribution is 5.86. The van der Waals surface area contributed by atoms with Gasteiger partial charge in [-0.1, -0.05) is 6.58 Å². The van der Waals surface area contributed by atoms with E-state index < -0.39 is 0 Å². The summed E-state index contributed by atoms with van der Waals surface area (Å²) in [6.07, 6.45) is 0. The SMILES string of the molecule is C=C(C)C(=O)OCCN1CCN(CCO)CC1. The van der Waals surface area contributed by atoms with E-state index in [1.807, 2.05) is 0 Å². The van der Waals surface area contributed by atoms with Gasteiger partial charge in [-0.05, 0) is 6.92 Å². The van der Waals surface area contributed by atoms with Crippen LogP contribution in [0.2, 0.25) is 0 Å². The van der Waals surface area contributed by atoms with Crippen LogP contribution >= 0.6 is 0 Å². The Morgan fingerprint density at radius 1 is 1.24 bits per heavy atom. The molecule has 0 atom stereocenters. The molecule has 0 aromatic carbocycles. The van der Waals surface area contributed by atoms with Crippen LogP contribution in [0.5, 0.6) is 0 Å². The smallest absolute Gasteiger partial charge is 0.333 e. The molecule has 0 radical (unpaired) electrons. The predicted molar refractivity (Wildman–Crippen MR) is 65.7 cm³/mol. The van der Waals surface area contributed by atoms with Crippen molar-refractivity contribution < 1.29 is 14.6 Å². The highest BCUT2D eigenvalue weighted by atomic mass is 16.5. The van der Waals surface area contributed by atoms with Gasteiger partial charge in [0.15, 0.2) is 0 Å². The number of carbonyl (C=O) groups excluding carboxylic acids is 1. The van der Waals surface area contributed by atoms with Crippen LogP contribution in [0.3, 0.4) is 0 Å². The van der Waals surface area contributed by atoms with Crippen LogP contribution in [-0.2, 0) is 9.53 Å². The summed E-state index contributed by atoms with van der Waals surface area (Å²) in [5.74, 6) is -0.316. The molecule has 1 heterocycles. The number of esters is 1. The lowest BCUT2D eigenvalue weighted by Gasteiger charge is -2.34. The number of carbonyl (C=O) groups is 1. The van der Waals surface area contributed by atoms with Gasteiger partial charge in [-0.25, -0.2) is 4.79 Å². The molecule has 1 N–H and O–H groups in total. The maximum Gasteiger partial charge on any atom is 0.333 e. The number of nitrogens with zero attached hydrogens (tertiary/aromatic N) is 2. The van der Waals surface area contributed by atoms with E-state index >= 15 is 0 Å². The number of aliphatic hydroxyl groups excluding tert-OH is 1. The van der Waals surface area contributed by atoms with E-state index in [0.29, 0.717) is 12.2 Å². The topological polar surface area (TPSA) is 53.0 Å². The molecule has 0 saturated carbocycles. The first-order valence-electron chi connectivity index (χ1n) is 6.01. The Balaban J connectivity index is 2.10. The summed E-state index contributed by atoms with van der Waals surface area (Å²) in [4.78, 5) is 15.6. The Bertz CT molecular complexity index is 260. The van der Waals surface area contributed by atoms with Gasteiger partial charge in [-0.15, -0.1) is 0 Å². The van der Waals surface area contributed by atoms with Crippen molar-refractivity contribution in [3.63, 3.8) is 0 Å². The minimum atomic E-state index is -0.316. The second-order valence-corrected chi connectivity index (χ2v) is 4.32. The van der Waals surface area contributed by atoms with Crippen LogP contribution in [-0.4, -0.2) is 73.4 Å². The third kappa shape index (κ3) is 5.30. The van der Waals surface area contributed by atoms with Crippen molar-refractivity contribution in [2.24, 2.45) is 0 Å². The van der Waals surface area contributed by atoms with Gasteiger partial charge in [0.25, 0.3) is 0 Å². The first kappa shape index (κ1) is 14.2. The van der Waals surface area contributed by atoms with Crippen molar-refractivity contribution in [2.45, 2.75) is 6.92 Å². The summed E-state index contributed by atoms with van der Waals surface area (Å²) >= 11 is 0. The molecule has 0 bridgehead atoms. The van der Waals surface area contributed by atoms with Crippen LogP contribution in [0.4, 0.5) is 0 Å². The molecule has 1 rings (SSSR count). The zero-order chi connectivity index (χ0) is 12.7. The van der Waals surface area contributed by atoms with Crippen molar-refractivity contribution in [3.8, 4) is 0 Å². The Morgan fingerprint density at radius 2 is 1.76 bits per heavy atom. The zero-order valence-electron chi connectivity index (χ0n) is 10.5. The van der Waals surface area contributed by atoms with E-state index in [9.17, 15) is 4.79 Å². The minimum absolute atomic E-state index is 0.218. The van der Waals surface area contributed by atoms with Crippen molar-refractivity contribution in [3.05, 3.63) is 12.2 Å². The quantitative estimate of drug-likeness (QED) is 0.512. The second-order valence-electron chi connectivity index (χ2n) is 4.32. The van der Waals surface area contributed by atoms with Gasteiger partial charge >= 0.3 is 5.97 Å². The number of piperazine rings is 1. The number of hydrogen-bond acceptors (Lipinski definition) is 5. The molecule has 5 heteroatoms. The molecule has 98 valence electrons. The molecule has 0 unspecified atom stereocenters. The van der Waals surface area contributed by atoms with Gasteiger partial charge in [-0.2, -0.15) is 0 Å². The third-order valence-corrected chi connectivity index (χ3v) is 2.87. The molecular formula is C12H22N2O3. The summed E-state index contributed by atoms with van der Waals surface area (Å²) < 4.78 is 5.05. The van der Waals surface area contributed by atoms with E-state index in [1.54, 1.807) is 6.92 Å². The molecule has 1 aliphatic rings. The summed E-state index contributed by atoms with van der Waals surface area (Å²) in [6.45, 7) is 11.2. The average molecular weight is 242 g/mol. The number of hydrogen-bond donors (Lipinski definition) is 1. The monoisotopic (exact) mass is 242 g/mol. The van der Waals surface area contributed by atoms with E-state index in [2.05, 4.69) is 16.4 Å². The fraction of sp³-hybridized carbons (Fsp3) is 0.750. The summed E-state index contributed by atoms with van der Waals surface area (Å²) in [7, 11) is 0. The molecule has 1 aliphatic heterocycles. The average Bonchev–Trinajstić information content (AvgIpc) is 2.31. The molecule has 5 nitrogen and oxygen atoms in total. The molecule has 0 amide bonds. The maximum absolute atomic E-state index is 11.1. The summed E-state index contributed by atoms with van der Waals surface area (Å²) in [6, 6.07) is 0. The molecule has 1 saturated heterocycles. The highest BCUT2D eigenvalue weighted by Crippen LogP contribution is 2.01. The maximum atomic E-state index is 11.1. The van der Waals surface area contributed by atoms with E-state index in [4.69, 9.17) is 9.84 Å². The van der Waals surface area contributed by atoms with Crippen LogP contribution in [0.1, 0.15) is 6.92 Å². The number of β-amino-alcohol motifs (C(OH)–C–C–N with tert-alkyl or cyclic N) is 1. The van der Waals surface area contributed by atoms with E-state index in [0.717, 1.165) is 39.3 Å². The van der Waals surface area contributed by atoms with Gasteiger partial charge in [0.1, 0.15) is 6.61 Å². The molecule has 0 aromatic rings. The molecular weight excluding hydrogens is 220 g/mol. The third-order valence-electron chi connectivity index (χ3n) is 2.87. The van der Waals surface area contributed by atoms with Crippen molar-refractivity contribution in [2.75, 3.05) is 52.5 Å². The molecule has 0 spiro atoms. The van der Waals surface area contributed by atoms with Crippen LogP contribution in [0.15, 0.2) is 12.2 Å². The van der Waals surface area contributed by atoms with E-state index in [1.165, 1.54) is 0 Å². The Morgan fingerprint density at radius 3 is 2.24 bits per heavy atom. The molecule has 0 aliphatic carbocycles. The van der Waals surface area contributed by atoms with Gasteiger partial charge in [0.2, 0.25) is 0 Å². The lowest BCUT2D eigenvalue weighted by Crippen LogP contribution is -2.48. The van der Waals surface area contributed by atoms with Gasteiger partial charge in [-0.3, -0.25) is 9.80 Å². The lowest BCUT2D eigenvalue weighted by molar-refractivity contribution is -0.139. The normalized spacial score (nSPS) is 18.0. The Kier molecular flexibility index (Phi) is 6.18. The first-order chi connectivity index (χ1) is 8.13. The lowest BCUT2D eigenvalue weighted by atomic mass is 10.3. The van der Waals surface area contributed by atoms with Crippen LogP contribution in [0.25, 0.3) is 0 Å². The van der Waals surface area contributed by atoms with Crippen LogP contribution in [0, 0.1) is 0 Å². The first-order valence-corrected chi connectivity index (χ1v) is 6.01. The van der Waals surface area contributed by atoms with Crippen molar-refractivity contribution in [1.82, 2.24) is 9.80 Å². The van der Waals surface area contributed by atoms with Gasteiger partial charge < -0.3 is 9.84 Å². The minimum Gasteiger partial charge on any atom is -0.461 e. The fourth-order valence-electron chi connectivity index (χ4n) is 1.77. The van der Waals surface area contributed by atoms with Crippen molar-refractivity contribution >= 4 is 5.97 Å². The van der Waals surface area contributed by atoms with Gasteiger partial charge in [0.05, 0.1) is 6.61 Å². The number of ether oxygens (including phenoxy) is 1. The Hall–Kier alpha value is -0.910. The standard InChI is InChI=1S/C12H22N2O3/c1-11(2)12(16)17-10-8-14-5-3-13(4-6-14)7-9-15/h15H,1,3-10H2,2H3. The summed E-state index contributed by atoms with van der Waals surface area (Å²) in [5, 5.41) is 8.82. The largest absolute Gasteiger partial charge is 0.461 e. The highest BCUT2D eigenvalue weighted by Gasteiger charge is 2.16. The molecule has 1 fully saturated rings. The van der Waals surface area contributed by atoms with Crippen LogP contribution < -0.4 is 0 Å².